The summed E-state index contributed by atoms with van der Waals surface area (Å²) >= 11 is 1.86. The first-order chi connectivity index (χ1) is 4.72. The molecule has 0 unspecified atom stereocenters. The number of anilines is 1. The van der Waals surface area contributed by atoms with Crippen molar-refractivity contribution >= 4 is 28.8 Å². The van der Waals surface area contributed by atoms with Crippen molar-refractivity contribution in [3.05, 3.63) is 16.3 Å². The third kappa shape index (κ3) is 1.66. The van der Waals surface area contributed by atoms with Gasteiger partial charge in [0.25, 0.3) is 0 Å². The Morgan fingerprint density at radius 1 is 1.60 bits per heavy atom. The van der Waals surface area contributed by atoms with Crippen LogP contribution in [0.25, 0.3) is 0 Å². The zero-order chi connectivity index (χ0) is 7.56. The zero-order valence-electron chi connectivity index (χ0n) is 5.18. The molecule has 54 valence electrons. The third-order valence-corrected chi connectivity index (χ3v) is 1.34. The van der Waals surface area contributed by atoms with Crippen molar-refractivity contribution < 1.29 is 0 Å². The summed E-state index contributed by atoms with van der Waals surface area (Å²) in [6.45, 7) is 1.69. The van der Waals surface area contributed by atoms with E-state index in [2.05, 4.69) is 18.5 Å². The number of H-pyrrole nitrogens is 1. The van der Waals surface area contributed by atoms with Gasteiger partial charge in [-0.25, -0.2) is 4.79 Å². The van der Waals surface area contributed by atoms with E-state index in [1.54, 1.807) is 6.92 Å². The maximum Gasteiger partial charge on any atom is 0.349 e. The Morgan fingerprint density at radius 2 is 2.30 bits per heavy atom. The van der Waals surface area contributed by atoms with E-state index in [1.165, 1.54) is 0 Å². The molecule has 1 heterocycles. The average Bonchev–Trinajstić information content (AvgIpc) is 1.85. The summed E-state index contributed by atoms with van der Waals surface area (Å²) in [7, 11) is 0. The monoisotopic (exact) mass is 252 g/mol. The molecule has 0 bridgehead atoms. The van der Waals surface area contributed by atoms with Gasteiger partial charge in [-0.05, 0) is 6.92 Å². The maximum absolute atomic E-state index is 10.6. The van der Waals surface area contributed by atoms with Crippen molar-refractivity contribution in [3.8, 4) is 0 Å². The summed E-state index contributed by atoms with van der Waals surface area (Å²) in [5.41, 5.74) is -0.383. The van der Waals surface area contributed by atoms with Gasteiger partial charge in [0.2, 0.25) is 5.95 Å². The number of halogens is 1. The van der Waals surface area contributed by atoms with Crippen molar-refractivity contribution in [2.75, 3.05) is 3.53 Å². The standard InChI is InChI=1S/C4H5IN4O/c1-2-6-3(9-5)8-4(10)7-2/h1H3,(H2,6,7,8,9,10). The number of aromatic amines is 1. The minimum Gasteiger partial charge on any atom is -0.297 e. The molecule has 10 heavy (non-hydrogen) atoms. The van der Waals surface area contributed by atoms with Crippen molar-refractivity contribution in [3.63, 3.8) is 0 Å². The van der Waals surface area contributed by atoms with Crippen LogP contribution in [0.4, 0.5) is 5.95 Å². The highest BCUT2D eigenvalue weighted by Gasteiger charge is 1.94. The highest BCUT2D eigenvalue weighted by atomic mass is 127. The van der Waals surface area contributed by atoms with Crippen LogP contribution >= 0.6 is 22.9 Å². The molecule has 2 N–H and O–H groups in total. The van der Waals surface area contributed by atoms with Crippen molar-refractivity contribution in [1.82, 2.24) is 15.0 Å². The lowest BCUT2D eigenvalue weighted by Gasteiger charge is -1.94. The van der Waals surface area contributed by atoms with Crippen LogP contribution < -0.4 is 9.22 Å². The van der Waals surface area contributed by atoms with Crippen molar-refractivity contribution in [2.24, 2.45) is 0 Å². The molecule has 0 aliphatic heterocycles. The summed E-state index contributed by atoms with van der Waals surface area (Å²) in [6.07, 6.45) is 0. The Bertz CT molecular complexity index is 283. The fraction of sp³-hybridized carbons (Fsp3) is 0.250. The minimum atomic E-state index is -0.383. The van der Waals surface area contributed by atoms with Crippen LogP contribution in [0.5, 0.6) is 0 Å². The summed E-state index contributed by atoms with van der Waals surface area (Å²) in [4.78, 5) is 20.4. The number of nitrogens with one attached hydrogen (secondary N) is 2. The van der Waals surface area contributed by atoms with Crippen LogP contribution in [0, 0.1) is 6.92 Å². The van der Waals surface area contributed by atoms with Crippen LogP contribution in [0.2, 0.25) is 0 Å². The molecule has 1 rings (SSSR count). The molecule has 5 nitrogen and oxygen atoms in total. The van der Waals surface area contributed by atoms with Crippen LogP contribution in [0.3, 0.4) is 0 Å². The molecule has 0 saturated carbocycles. The Kier molecular flexibility index (Phi) is 2.20. The van der Waals surface area contributed by atoms with Crippen LogP contribution in [0.1, 0.15) is 5.82 Å². The molecular weight excluding hydrogens is 247 g/mol. The van der Waals surface area contributed by atoms with Gasteiger partial charge in [-0.2, -0.15) is 9.97 Å². The topological polar surface area (TPSA) is 70.7 Å². The normalized spacial score (nSPS) is 9.40. The lowest BCUT2D eigenvalue weighted by atomic mass is 10.7. The van der Waals surface area contributed by atoms with Crippen molar-refractivity contribution in [1.29, 1.82) is 0 Å². The van der Waals surface area contributed by atoms with Gasteiger partial charge in [0.05, 0.1) is 22.9 Å². The second kappa shape index (κ2) is 2.95. The molecule has 0 aromatic carbocycles. The number of aryl methyl sites for hydroxylation is 1. The quantitative estimate of drug-likeness (QED) is 0.554. The van der Waals surface area contributed by atoms with Crippen LogP contribution in [-0.2, 0) is 0 Å². The highest BCUT2D eigenvalue weighted by molar-refractivity contribution is 14.1. The largest absolute Gasteiger partial charge is 0.349 e. The second-order valence-corrected chi connectivity index (χ2v) is 2.20. The lowest BCUT2D eigenvalue weighted by molar-refractivity contribution is 0.941. The van der Waals surface area contributed by atoms with E-state index in [-0.39, 0.29) is 5.69 Å². The molecular formula is C4H5IN4O. The molecule has 0 saturated heterocycles. The molecule has 0 aliphatic rings. The fourth-order valence-electron chi connectivity index (χ4n) is 0.533. The lowest BCUT2D eigenvalue weighted by Crippen LogP contribution is -2.14. The van der Waals surface area contributed by atoms with Crippen LogP contribution in [-0.4, -0.2) is 15.0 Å². The van der Waals surface area contributed by atoms with E-state index >= 15 is 0 Å². The van der Waals surface area contributed by atoms with E-state index in [4.69, 9.17) is 0 Å². The molecule has 0 aliphatic carbocycles. The second-order valence-electron chi connectivity index (χ2n) is 1.66. The van der Waals surface area contributed by atoms with Crippen molar-refractivity contribution in [2.45, 2.75) is 6.92 Å². The molecule has 0 spiro atoms. The summed E-state index contributed by atoms with van der Waals surface area (Å²) in [5, 5.41) is 0. The Balaban J connectivity index is 3.19. The summed E-state index contributed by atoms with van der Waals surface area (Å²) in [5.74, 6) is 0.890. The molecule has 0 radical (unpaired) electrons. The Morgan fingerprint density at radius 3 is 2.80 bits per heavy atom. The molecule has 6 heteroatoms. The van der Waals surface area contributed by atoms with E-state index in [0.29, 0.717) is 11.8 Å². The first kappa shape index (κ1) is 7.45. The first-order valence-corrected chi connectivity index (χ1v) is 3.62. The molecule has 1 aromatic heterocycles. The van der Waals surface area contributed by atoms with Gasteiger partial charge in [0, 0.05) is 0 Å². The van der Waals surface area contributed by atoms with E-state index in [0.717, 1.165) is 0 Å². The van der Waals surface area contributed by atoms with Gasteiger partial charge >= 0.3 is 5.69 Å². The predicted octanol–water partition coefficient (Wildman–Crippen LogP) is 0.235. The number of hydrogen-bond donors (Lipinski definition) is 2. The highest BCUT2D eigenvalue weighted by Crippen LogP contribution is 1.95. The zero-order valence-corrected chi connectivity index (χ0v) is 7.34. The number of aromatic nitrogens is 3. The SMILES string of the molecule is Cc1nc(NI)nc(=O)[nH]1. The molecule has 1 aromatic rings. The summed E-state index contributed by atoms with van der Waals surface area (Å²) in [6, 6.07) is 0. The molecule has 0 fully saturated rings. The molecule has 0 amide bonds. The Hall–Kier alpha value is -0.660. The number of nitrogens with zero attached hydrogens (tertiary/aromatic N) is 2. The maximum atomic E-state index is 10.6. The van der Waals surface area contributed by atoms with E-state index in [9.17, 15) is 4.79 Å². The average molecular weight is 252 g/mol. The van der Waals surface area contributed by atoms with Crippen LogP contribution in [0.15, 0.2) is 4.79 Å². The van der Waals surface area contributed by atoms with E-state index < -0.39 is 0 Å². The van der Waals surface area contributed by atoms with Gasteiger partial charge in [0.15, 0.2) is 0 Å². The van der Waals surface area contributed by atoms with Gasteiger partial charge < -0.3 is 0 Å². The number of hydrogen-bond acceptors (Lipinski definition) is 4. The minimum absolute atomic E-state index is 0.335. The van der Waals surface area contributed by atoms with Gasteiger partial charge in [-0.1, -0.05) is 0 Å². The first-order valence-electron chi connectivity index (χ1n) is 2.54. The van der Waals surface area contributed by atoms with Gasteiger partial charge in [-0.15, -0.1) is 0 Å². The third-order valence-electron chi connectivity index (χ3n) is 0.853. The van der Waals surface area contributed by atoms with E-state index in [1.807, 2.05) is 22.9 Å². The van der Waals surface area contributed by atoms with Gasteiger partial charge in [0.1, 0.15) is 5.82 Å². The predicted molar refractivity (Wildman–Crippen MR) is 45.0 cm³/mol. The summed E-state index contributed by atoms with van der Waals surface area (Å²) < 4.78 is 2.64. The molecule has 0 atom stereocenters. The smallest absolute Gasteiger partial charge is 0.297 e. The van der Waals surface area contributed by atoms with Gasteiger partial charge in [-0.3, -0.25) is 8.51 Å². The fourth-order valence-corrected chi connectivity index (χ4v) is 0.774. The number of rotatable bonds is 1. The Labute approximate surface area is 70.8 Å².